The van der Waals surface area contributed by atoms with Crippen LogP contribution < -0.4 is 4.74 Å². The second kappa shape index (κ2) is 8.38. The van der Waals surface area contributed by atoms with E-state index in [0.717, 1.165) is 47.8 Å². The molecule has 0 spiro atoms. The van der Waals surface area contributed by atoms with E-state index < -0.39 is 6.10 Å². The molecule has 4 atom stereocenters. The average molecular weight is 409 g/mol. The Kier molecular flexibility index (Phi) is 5.83. The maximum atomic E-state index is 13.0. The van der Waals surface area contributed by atoms with Crippen LogP contribution in [0.3, 0.4) is 0 Å². The van der Waals surface area contributed by atoms with Gasteiger partial charge in [-0.15, -0.1) is 0 Å². The second-order valence-corrected chi connectivity index (χ2v) is 9.16. The molecule has 1 aliphatic carbocycles. The summed E-state index contributed by atoms with van der Waals surface area (Å²) in [7, 11) is 0. The summed E-state index contributed by atoms with van der Waals surface area (Å²) in [5.41, 5.74) is 5.26. The first kappa shape index (κ1) is 20.9. The number of carbonyl (C=O) groups excluding carboxylic acids is 1. The van der Waals surface area contributed by atoms with E-state index in [1.54, 1.807) is 0 Å². The summed E-state index contributed by atoms with van der Waals surface area (Å²) in [6.45, 7) is 9.51. The lowest BCUT2D eigenvalue weighted by Gasteiger charge is -2.35. The number of aryl methyl sites for hydroxylation is 4. The predicted molar refractivity (Wildman–Crippen MR) is 117 cm³/mol. The summed E-state index contributed by atoms with van der Waals surface area (Å²) in [6, 6.07) is 10.2. The van der Waals surface area contributed by atoms with Gasteiger partial charge in [0.15, 0.2) is 0 Å². The molecule has 1 aromatic heterocycles. The number of aromatic nitrogens is 1. The fourth-order valence-electron chi connectivity index (χ4n) is 4.95. The van der Waals surface area contributed by atoms with Crippen LogP contribution in [0.5, 0.6) is 5.75 Å². The lowest BCUT2D eigenvalue weighted by atomic mass is 9.78. The van der Waals surface area contributed by atoms with Crippen molar-refractivity contribution < 1.29 is 14.6 Å². The highest BCUT2D eigenvalue weighted by Gasteiger charge is 2.44. The monoisotopic (exact) mass is 408 g/mol. The summed E-state index contributed by atoms with van der Waals surface area (Å²) >= 11 is 0. The van der Waals surface area contributed by atoms with Crippen molar-refractivity contribution >= 4 is 5.91 Å². The molecule has 5 heteroatoms. The molecule has 5 nitrogen and oxygen atoms in total. The quantitative estimate of drug-likeness (QED) is 0.841. The maximum Gasteiger partial charge on any atom is 0.227 e. The zero-order valence-corrected chi connectivity index (χ0v) is 18.4. The van der Waals surface area contributed by atoms with Crippen LogP contribution >= 0.6 is 0 Å². The molecule has 1 saturated heterocycles. The van der Waals surface area contributed by atoms with Gasteiger partial charge in [-0.25, -0.2) is 0 Å². The fourth-order valence-corrected chi connectivity index (χ4v) is 4.95. The van der Waals surface area contributed by atoms with Gasteiger partial charge in [0.1, 0.15) is 11.9 Å². The molecule has 2 fully saturated rings. The SMILES string of the molecule is Cc1ccc(C)c(CC(=O)N2C[C@H]3C[C@@H](Oc4ccc(C)nc4C)[C@H](O)C[C@H]3C2)c1. The lowest BCUT2D eigenvalue weighted by Crippen LogP contribution is -2.42. The van der Waals surface area contributed by atoms with Gasteiger partial charge < -0.3 is 14.7 Å². The number of aliphatic hydroxyl groups is 1. The molecule has 1 N–H and O–H groups in total. The molecule has 0 unspecified atom stereocenters. The predicted octanol–water partition coefficient (Wildman–Crippen LogP) is 3.53. The number of aliphatic hydroxyl groups excluding tert-OH is 1. The van der Waals surface area contributed by atoms with E-state index in [9.17, 15) is 9.90 Å². The normalized spacial score (nSPS) is 25.8. The van der Waals surface area contributed by atoms with Gasteiger partial charge in [0.2, 0.25) is 5.91 Å². The van der Waals surface area contributed by atoms with Gasteiger partial charge in [0, 0.05) is 18.8 Å². The minimum absolute atomic E-state index is 0.184. The molecule has 1 amide bonds. The first-order valence-corrected chi connectivity index (χ1v) is 10.9. The minimum atomic E-state index is -0.513. The molecule has 1 saturated carbocycles. The Balaban J connectivity index is 1.40. The molecule has 0 radical (unpaired) electrons. The Morgan fingerprint density at radius 1 is 1.10 bits per heavy atom. The number of hydrogen-bond acceptors (Lipinski definition) is 4. The van der Waals surface area contributed by atoms with E-state index >= 15 is 0 Å². The van der Waals surface area contributed by atoms with Crippen LogP contribution in [-0.2, 0) is 11.2 Å². The third kappa shape index (κ3) is 4.36. The number of amides is 1. The Morgan fingerprint density at radius 3 is 2.57 bits per heavy atom. The largest absolute Gasteiger partial charge is 0.486 e. The molecule has 2 aromatic rings. The van der Waals surface area contributed by atoms with Crippen molar-refractivity contribution in [1.29, 1.82) is 0 Å². The summed E-state index contributed by atoms with van der Waals surface area (Å²) in [5.74, 6) is 1.65. The van der Waals surface area contributed by atoms with Crippen LogP contribution in [0.25, 0.3) is 0 Å². The zero-order chi connectivity index (χ0) is 21.4. The standard InChI is InChI=1S/C25H32N2O3/c1-15-5-6-16(2)19(9-15)12-25(29)27-13-20-10-22(28)24(11-21(20)14-27)30-23-8-7-17(3)26-18(23)4/h5-9,20-22,24,28H,10-14H2,1-4H3/t20-,21+,22+,24+/m0/s1. The number of carbonyl (C=O) groups is 1. The molecule has 1 aromatic carbocycles. The van der Waals surface area contributed by atoms with E-state index in [0.29, 0.717) is 24.7 Å². The van der Waals surface area contributed by atoms with Crippen molar-refractivity contribution in [2.24, 2.45) is 11.8 Å². The highest BCUT2D eigenvalue weighted by atomic mass is 16.5. The Bertz CT molecular complexity index is 942. The van der Waals surface area contributed by atoms with E-state index in [2.05, 4.69) is 37.0 Å². The van der Waals surface area contributed by atoms with Crippen LogP contribution in [-0.4, -0.2) is 46.2 Å². The first-order valence-electron chi connectivity index (χ1n) is 10.9. The molecule has 0 bridgehead atoms. The average Bonchev–Trinajstić information content (AvgIpc) is 3.10. The molecule has 1 aliphatic heterocycles. The number of pyridine rings is 1. The van der Waals surface area contributed by atoms with E-state index in [1.807, 2.05) is 30.9 Å². The topological polar surface area (TPSA) is 62.7 Å². The van der Waals surface area contributed by atoms with Crippen LogP contribution in [0.2, 0.25) is 0 Å². The number of ether oxygens (including phenoxy) is 1. The van der Waals surface area contributed by atoms with E-state index in [1.165, 1.54) is 5.56 Å². The number of likely N-dealkylation sites (tertiary alicyclic amines) is 1. The van der Waals surface area contributed by atoms with Crippen LogP contribution in [0, 0.1) is 39.5 Å². The lowest BCUT2D eigenvalue weighted by molar-refractivity contribution is -0.129. The third-order valence-corrected chi connectivity index (χ3v) is 6.74. The van der Waals surface area contributed by atoms with Gasteiger partial charge in [-0.3, -0.25) is 9.78 Å². The van der Waals surface area contributed by atoms with E-state index in [-0.39, 0.29) is 12.0 Å². The Morgan fingerprint density at radius 2 is 1.83 bits per heavy atom. The van der Waals surface area contributed by atoms with Crippen molar-refractivity contribution in [3.05, 3.63) is 58.4 Å². The highest BCUT2D eigenvalue weighted by Crippen LogP contribution is 2.38. The zero-order valence-electron chi connectivity index (χ0n) is 18.4. The number of benzene rings is 1. The van der Waals surface area contributed by atoms with Gasteiger partial charge >= 0.3 is 0 Å². The third-order valence-electron chi connectivity index (χ3n) is 6.74. The highest BCUT2D eigenvalue weighted by molar-refractivity contribution is 5.79. The van der Waals surface area contributed by atoms with Crippen LogP contribution in [0.4, 0.5) is 0 Å². The number of fused-ring (bicyclic) bond motifs is 1. The number of rotatable bonds is 4. The van der Waals surface area contributed by atoms with Crippen molar-refractivity contribution in [3.63, 3.8) is 0 Å². The maximum absolute atomic E-state index is 13.0. The fraction of sp³-hybridized carbons (Fsp3) is 0.520. The summed E-state index contributed by atoms with van der Waals surface area (Å²) in [4.78, 5) is 19.4. The molecular formula is C25H32N2O3. The van der Waals surface area contributed by atoms with Crippen molar-refractivity contribution in [3.8, 4) is 5.75 Å². The smallest absolute Gasteiger partial charge is 0.227 e. The number of hydrogen-bond donors (Lipinski definition) is 1. The molecule has 4 rings (SSSR count). The van der Waals surface area contributed by atoms with E-state index in [4.69, 9.17) is 4.74 Å². The van der Waals surface area contributed by atoms with Gasteiger partial charge in [-0.2, -0.15) is 0 Å². The van der Waals surface area contributed by atoms with Crippen molar-refractivity contribution in [2.75, 3.05) is 13.1 Å². The molecular weight excluding hydrogens is 376 g/mol. The molecule has 2 aliphatic rings. The first-order chi connectivity index (χ1) is 14.3. The van der Waals surface area contributed by atoms with Crippen molar-refractivity contribution in [2.45, 2.75) is 59.2 Å². The molecule has 160 valence electrons. The Labute approximate surface area is 179 Å². The Hall–Kier alpha value is -2.40. The number of nitrogens with zero attached hydrogens (tertiary/aromatic N) is 2. The van der Waals surface area contributed by atoms with Gasteiger partial charge in [0.25, 0.3) is 0 Å². The summed E-state index contributed by atoms with van der Waals surface area (Å²) < 4.78 is 6.17. The van der Waals surface area contributed by atoms with Crippen LogP contribution in [0.15, 0.2) is 30.3 Å². The van der Waals surface area contributed by atoms with Gasteiger partial charge in [-0.05, 0) is 75.6 Å². The molecule has 30 heavy (non-hydrogen) atoms. The van der Waals surface area contributed by atoms with Crippen molar-refractivity contribution in [1.82, 2.24) is 9.88 Å². The van der Waals surface area contributed by atoms with Crippen LogP contribution in [0.1, 0.15) is 40.9 Å². The second-order valence-electron chi connectivity index (χ2n) is 9.16. The van der Waals surface area contributed by atoms with Gasteiger partial charge in [-0.1, -0.05) is 23.8 Å². The molecule has 2 heterocycles. The summed E-state index contributed by atoms with van der Waals surface area (Å²) in [6.07, 6.45) is 1.14. The van der Waals surface area contributed by atoms with Gasteiger partial charge in [0.05, 0.1) is 18.2 Å². The summed E-state index contributed by atoms with van der Waals surface area (Å²) in [5, 5.41) is 10.7. The minimum Gasteiger partial charge on any atom is -0.486 e.